The third-order valence-corrected chi connectivity index (χ3v) is 3.35. The molecule has 0 atom stereocenters. The minimum atomic E-state index is -0.561. The van der Waals surface area contributed by atoms with Crippen LogP contribution in [0.15, 0.2) is 24.5 Å². The highest BCUT2D eigenvalue weighted by atomic mass is 35.5. The zero-order chi connectivity index (χ0) is 14.7. The molecular weight excluding hydrogens is 328 g/mol. The number of carbonyl (C=O) groups excluding carboxylic acids is 1. The van der Waals surface area contributed by atoms with Gasteiger partial charge in [0.15, 0.2) is 10.3 Å². The molecule has 0 saturated heterocycles. The average Bonchev–Trinajstić information content (AvgIpc) is 2.39. The Morgan fingerprint density at radius 3 is 2.45 bits per heavy atom. The molecule has 0 bridgehead atoms. The summed E-state index contributed by atoms with van der Waals surface area (Å²) in [5, 5.41) is 2.59. The highest BCUT2D eigenvalue weighted by Crippen LogP contribution is 2.26. The van der Waals surface area contributed by atoms with Gasteiger partial charge >= 0.3 is 0 Å². The molecule has 1 aromatic carbocycles. The second-order valence-electron chi connectivity index (χ2n) is 3.76. The lowest BCUT2D eigenvalue weighted by molar-refractivity contribution is -0.115. The number of carbonyl (C=O) groups is 1. The van der Waals surface area contributed by atoms with Gasteiger partial charge in [-0.2, -0.15) is 0 Å². The van der Waals surface area contributed by atoms with E-state index < -0.39 is 11.7 Å². The first kappa shape index (κ1) is 15.0. The predicted molar refractivity (Wildman–Crippen MR) is 75.8 cm³/mol. The van der Waals surface area contributed by atoms with Crippen LogP contribution in [-0.2, 0) is 11.2 Å². The molecule has 1 aromatic heterocycles. The minimum absolute atomic E-state index is 0.00187. The molecule has 8 heteroatoms. The molecule has 0 aliphatic carbocycles. The maximum absolute atomic E-state index is 13.6. The predicted octanol–water partition coefficient (Wildman–Crippen LogP) is 3.76. The summed E-state index contributed by atoms with van der Waals surface area (Å²) in [6.45, 7) is 0. The van der Waals surface area contributed by atoms with Crippen molar-refractivity contribution in [2.75, 3.05) is 5.32 Å². The maximum Gasteiger partial charge on any atom is 0.229 e. The van der Waals surface area contributed by atoms with Crippen LogP contribution >= 0.6 is 34.8 Å². The largest absolute Gasteiger partial charge is 0.321 e. The molecule has 0 radical (unpaired) electrons. The van der Waals surface area contributed by atoms with Crippen molar-refractivity contribution >= 4 is 46.4 Å². The zero-order valence-electron chi connectivity index (χ0n) is 9.83. The Morgan fingerprint density at radius 1 is 1.20 bits per heavy atom. The van der Waals surface area contributed by atoms with Gasteiger partial charge < -0.3 is 5.32 Å². The summed E-state index contributed by atoms with van der Waals surface area (Å²) in [4.78, 5) is 19.3. The fourth-order valence-electron chi connectivity index (χ4n) is 1.49. The smallest absolute Gasteiger partial charge is 0.229 e. The topological polar surface area (TPSA) is 54.9 Å². The highest BCUT2D eigenvalue weighted by Gasteiger charge is 2.15. The summed E-state index contributed by atoms with van der Waals surface area (Å²) in [5.41, 5.74) is 0.170. The number of nitrogens with zero attached hydrogens (tertiary/aromatic N) is 2. The van der Waals surface area contributed by atoms with E-state index in [2.05, 4.69) is 15.3 Å². The Morgan fingerprint density at radius 2 is 1.85 bits per heavy atom. The van der Waals surface area contributed by atoms with Crippen molar-refractivity contribution < 1.29 is 9.18 Å². The van der Waals surface area contributed by atoms with Gasteiger partial charge in [-0.3, -0.25) is 4.79 Å². The van der Waals surface area contributed by atoms with Crippen LogP contribution in [-0.4, -0.2) is 15.9 Å². The number of halogens is 4. The Bertz CT molecular complexity index is 570. The van der Waals surface area contributed by atoms with Crippen molar-refractivity contribution in [3.8, 4) is 0 Å². The van der Waals surface area contributed by atoms with Gasteiger partial charge in [0.2, 0.25) is 5.91 Å². The van der Waals surface area contributed by atoms with Crippen molar-refractivity contribution in [1.29, 1.82) is 0 Å². The molecule has 1 heterocycles. The van der Waals surface area contributed by atoms with E-state index in [4.69, 9.17) is 34.8 Å². The minimum Gasteiger partial charge on any atom is -0.321 e. The molecule has 0 aliphatic heterocycles. The van der Waals surface area contributed by atoms with Crippen molar-refractivity contribution in [1.82, 2.24) is 9.97 Å². The molecule has 1 amide bonds. The van der Waals surface area contributed by atoms with E-state index in [-0.39, 0.29) is 33.0 Å². The number of benzene rings is 1. The Labute approximate surface area is 128 Å². The fraction of sp³-hybridized carbons (Fsp3) is 0.0833. The Balaban J connectivity index is 2.18. The second kappa shape index (κ2) is 6.35. The number of amides is 1. The van der Waals surface area contributed by atoms with E-state index in [0.717, 1.165) is 6.33 Å². The second-order valence-corrected chi connectivity index (χ2v) is 4.88. The van der Waals surface area contributed by atoms with Gasteiger partial charge in [0, 0.05) is 10.6 Å². The molecule has 1 N–H and O–H groups in total. The summed E-state index contributed by atoms with van der Waals surface area (Å²) in [6, 6.07) is 4.18. The van der Waals surface area contributed by atoms with Gasteiger partial charge in [-0.25, -0.2) is 14.4 Å². The number of hydrogen-bond donors (Lipinski definition) is 1. The summed E-state index contributed by atoms with van der Waals surface area (Å²) in [6.07, 6.45) is 0.904. The molecule has 0 fully saturated rings. The molecular formula is C12H7Cl3FN3O. The first-order valence-electron chi connectivity index (χ1n) is 5.37. The SMILES string of the molecule is O=C(Cc1c(F)cccc1Cl)Nc1c(Cl)ncnc1Cl. The van der Waals surface area contributed by atoms with Crippen molar-refractivity contribution in [3.63, 3.8) is 0 Å². The lowest BCUT2D eigenvalue weighted by Gasteiger charge is -2.09. The first-order chi connectivity index (χ1) is 9.49. The van der Waals surface area contributed by atoms with Crippen molar-refractivity contribution in [2.45, 2.75) is 6.42 Å². The number of hydrogen-bond acceptors (Lipinski definition) is 3. The van der Waals surface area contributed by atoms with Gasteiger partial charge in [-0.15, -0.1) is 0 Å². The van der Waals surface area contributed by atoms with E-state index in [1.54, 1.807) is 0 Å². The Kier molecular flexibility index (Phi) is 4.75. The first-order valence-corrected chi connectivity index (χ1v) is 6.51. The van der Waals surface area contributed by atoms with Crippen LogP contribution in [0.5, 0.6) is 0 Å². The third kappa shape index (κ3) is 3.36. The molecule has 2 rings (SSSR count). The highest BCUT2D eigenvalue weighted by molar-refractivity contribution is 6.38. The van der Waals surface area contributed by atoms with Gasteiger partial charge in [0.1, 0.15) is 17.8 Å². The molecule has 0 unspecified atom stereocenters. The number of anilines is 1. The summed E-state index contributed by atoms with van der Waals surface area (Å²) in [7, 11) is 0. The molecule has 2 aromatic rings. The van der Waals surface area contributed by atoms with Crippen molar-refractivity contribution in [3.05, 3.63) is 51.2 Å². The average molecular weight is 335 g/mol. The fourth-order valence-corrected chi connectivity index (χ4v) is 2.13. The van der Waals surface area contributed by atoms with Gasteiger partial charge in [0.25, 0.3) is 0 Å². The normalized spacial score (nSPS) is 10.4. The Hall–Kier alpha value is -1.43. The monoisotopic (exact) mass is 333 g/mol. The van der Waals surface area contributed by atoms with Crippen LogP contribution in [0.2, 0.25) is 15.3 Å². The van der Waals surface area contributed by atoms with Crippen LogP contribution in [0.3, 0.4) is 0 Å². The van der Waals surface area contributed by atoms with Gasteiger partial charge in [-0.1, -0.05) is 40.9 Å². The lowest BCUT2D eigenvalue weighted by atomic mass is 10.1. The number of nitrogens with one attached hydrogen (secondary N) is 1. The summed E-state index contributed by atoms with van der Waals surface area (Å²) in [5.74, 6) is -1.09. The molecule has 0 aliphatic rings. The molecule has 104 valence electrons. The maximum atomic E-state index is 13.6. The van der Waals surface area contributed by atoms with Crippen LogP contribution in [0, 0.1) is 5.82 Å². The van der Waals surface area contributed by atoms with E-state index in [1.807, 2.05) is 0 Å². The third-order valence-electron chi connectivity index (χ3n) is 2.42. The van der Waals surface area contributed by atoms with Crippen LogP contribution in [0.25, 0.3) is 0 Å². The van der Waals surface area contributed by atoms with E-state index >= 15 is 0 Å². The molecule has 4 nitrogen and oxygen atoms in total. The summed E-state index contributed by atoms with van der Waals surface area (Å²) < 4.78 is 13.6. The van der Waals surface area contributed by atoms with Gasteiger partial charge in [-0.05, 0) is 12.1 Å². The quantitative estimate of drug-likeness (QED) is 0.870. The van der Waals surface area contributed by atoms with Gasteiger partial charge in [0.05, 0.1) is 6.42 Å². The van der Waals surface area contributed by atoms with E-state index in [1.165, 1.54) is 18.2 Å². The molecule has 0 saturated carbocycles. The van der Waals surface area contributed by atoms with Crippen LogP contribution in [0.1, 0.15) is 5.56 Å². The summed E-state index contributed by atoms with van der Waals surface area (Å²) >= 11 is 17.4. The standard InChI is InChI=1S/C12H7Cl3FN3O/c13-7-2-1-3-8(16)6(7)4-9(20)19-10-11(14)17-5-18-12(10)15/h1-3,5H,4H2,(H,19,20). The van der Waals surface area contributed by atoms with Crippen LogP contribution < -0.4 is 5.32 Å². The zero-order valence-corrected chi connectivity index (χ0v) is 12.1. The lowest BCUT2D eigenvalue weighted by Crippen LogP contribution is -2.16. The van der Waals surface area contributed by atoms with E-state index in [9.17, 15) is 9.18 Å². The molecule has 20 heavy (non-hydrogen) atoms. The number of rotatable bonds is 3. The van der Waals surface area contributed by atoms with Crippen LogP contribution in [0.4, 0.5) is 10.1 Å². The van der Waals surface area contributed by atoms with E-state index in [0.29, 0.717) is 0 Å². The molecule has 0 spiro atoms. The van der Waals surface area contributed by atoms with Crippen molar-refractivity contribution in [2.24, 2.45) is 0 Å². The number of aromatic nitrogens is 2.